The van der Waals surface area contributed by atoms with Crippen LogP contribution in [-0.2, 0) is 6.54 Å². The number of nitrogens with one attached hydrogen (secondary N) is 1. The van der Waals surface area contributed by atoms with E-state index in [4.69, 9.17) is 9.47 Å². The zero-order valence-electron chi connectivity index (χ0n) is 19.7. The molecule has 7 heteroatoms. The molecule has 3 aromatic carbocycles. The van der Waals surface area contributed by atoms with Gasteiger partial charge in [-0.2, -0.15) is 0 Å². The maximum absolute atomic E-state index is 13.4. The normalized spacial score (nSPS) is 13.6. The number of carbonyl (C=O) groups is 2. The minimum Gasteiger partial charge on any atom is -0.497 e. The van der Waals surface area contributed by atoms with Crippen molar-refractivity contribution in [3.63, 3.8) is 0 Å². The van der Waals surface area contributed by atoms with Gasteiger partial charge in [-0.25, -0.2) is 4.79 Å². The number of benzene rings is 3. The molecule has 0 aliphatic carbocycles. The topological polar surface area (TPSA) is 71.1 Å². The van der Waals surface area contributed by atoms with Crippen LogP contribution in [0, 0.1) is 6.92 Å². The highest BCUT2D eigenvalue weighted by Crippen LogP contribution is 2.33. The molecule has 0 spiro atoms. The van der Waals surface area contributed by atoms with Gasteiger partial charge in [0.2, 0.25) is 0 Å². The van der Waals surface area contributed by atoms with E-state index in [1.807, 2.05) is 60.4 Å². The molecule has 4 rings (SSSR count). The summed E-state index contributed by atoms with van der Waals surface area (Å²) < 4.78 is 10.6. The van der Waals surface area contributed by atoms with Crippen molar-refractivity contribution in [1.29, 1.82) is 0 Å². The summed E-state index contributed by atoms with van der Waals surface area (Å²) in [6, 6.07) is 20.4. The number of hydrogen-bond acceptors (Lipinski definition) is 4. The van der Waals surface area contributed by atoms with E-state index in [0.29, 0.717) is 42.3 Å². The van der Waals surface area contributed by atoms with Gasteiger partial charge in [0.25, 0.3) is 5.91 Å². The van der Waals surface area contributed by atoms with Gasteiger partial charge < -0.3 is 19.7 Å². The quantitative estimate of drug-likeness (QED) is 0.534. The van der Waals surface area contributed by atoms with Crippen molar-refractivity contribution in [2.45, 2.75) is 19.9 Å². The first-order valence-corrected chi connectivity index (χ1v) is 11.2. The summed E-state index contributed by atoms with van der Waals surface area (Å²) in [5.74, 6) is 1.14. The first-order valence-electron chi connectivity index (χ1n) is 11.2. The van der Waals surface area contributed by atoms with Crippen molar-refractivity contribution < 1.29 is 19.1 Å². The van der Waals surface area contributed by atoms with E-state index in [1.54, 1.807) is 37.3 Å². The number of anilines is 2. The maximum atomic E-state index is 13.4. The van der Waals surface area contributed by atoms with Crippen molar-refractivity contribution in [3.8, 4) is 11.5 Å². The molecule has 0 unspecified atom stereocenters. The summed E-state index contributed by atoms with van der Waals surface area (Å²) in [6.45, 7) is 3.68. The molecule has 0 aromatic heterocycles. The van der Waals surface area contributed by atoms with E-state index < -0.39 is 0 Å². The molecule has 0 radical (unpaired) electrons. The molecule has 176 valence electrons. The van der Waals surface area contributed by atoms with Crippen LogP contribution in [0.25, 0.3) is 0 Å². The fourth-order valence-electron chi connectivity index (χ4n) is 4.06. The van der Waals surface area contributed by atoms with Crippen LogP contribution in [0.1, 0.15) is 27.9 Å². The highest BCUT2D eigenvalue weighted by Gasteiger charge is 2.29. The van der Waals surface area contributed by atoms with E-state index in [-0.39, 0.29) is 11.9 Å². The van der Waals surface area contributed by atoms with Crippen LogP contribution in [-0.4, -0.2) is 44.1 Å². The zero-order chi connectivity index (χ0) is 24.1. The third-order valence-corrected chi connectivity index (χ3v) is 5.87. The largest absolute Gasteiger partial charge is 0.497 e. The first-order chi connectivity index (χ1) is 16.5. The lowest BCUT2D eigenvalue weighted by Gasteiger charge is -2.36. The Morgan fingerprint density at radius 2 is 1.68 bits per heavy atom. The van der Waals surface area contributed by atoms with Crippen molar-refractivity contribution in [2.75, 3.05) is 37.5 Å². The van der Waals surface area contributed by atoms with E-state index in [9.17, 15) is 9.59 Å². The second-order valence-electron chi connectivity index (χ2n) is 8.26. The minimum atomic E-state index is -0.238. The van der Waals surface area contributed by atoms with Crippen LogP contribution in [0.2, 0.25) is 0 Å². The third-order valence-electron chi connectivity index (χ3n) is 5.87. The summed E-state index contributed by atoms with van der Waals surface area (Å²) in [7, 11) is 3.20. The first kappa shape index (κ1) is 23.2. The summed E-state index contributed by atoms with van der Waals surface area (Å²) in [5.41, 5.74) is 3.76. The summed E-state index contributed by atoms with van der Waals surface area (Å²) in [4.78, 5) is 29.9. The second kappa shape index (κ2) is 10.3. The van der Waals surface area contributed by atoms with Gasteiger partial charge in [-0.05, 0) is 55.3 Å². The Kier molecular flexibility index (Phi) is 7.01. The molecule has 1 aliphatic heterocycles. The Hall–Kier alpha value is -4.00. The van der Waals surface area contributed by atoms with Crippen molar-refractivity contribution >= 4 is 23.3 Å². The van der Waals surface area contributed by atoms with Gasteiger partial charge >= 0.3 is 6.03 Å². The van der Waals surface area contributed by atoms with Gasteiger partial charge in [0.05, 0.1) is 25.6 Å². The zero-order valence-corrected chi connectivity index (χ0v) is 19.7. The number of aryl methyl sites for hydroxylation is 1. The Bertz CT molecular complexity index is 1180. The molecule has 1 heterocycles. The number of urea groups is 1. The predicted octanol–water partition coefficient (Wildman–Crippen LogP) is 5.10. The Labute approximate surface area is 199 Å². The van der Waals surface area contributed by atoms with Gasteiger partial charge in [-0.15, -0.1) is 0 Å². The van der Waals surface area contributed by atoms with Crippen molar-refractivity contribution in [1.82, 2.24) is 4.90 Å². The summed E-state index contributed by atoms with van der Waals surface area (Å²) >= 11 is 0. The Morgan fingerprint density at radius 3 is 2.38 bits per heavy atom. The molecule has 1 aliphatic rings. The Balaban J connectivity index is 1.58. The molecule has 1 fully saturated rings. The number of rotatable bonds is 7. The van der Waals surface area contributed by atoms with Gasteiger partial charge in [0, 0.05) is 31.3 Å². The number of methoxy groups -OCH3 is 2. The number of hydrogen-bond donors (Lipinski definition) is 1. The smallest absolute Gasteiger partial charge is 0.324 e. The highest BCUT2D eigenvalue weighted by atomic mass is 16.5. The number of amides is 3. The Morgan fingerprint density at radius 1 is 0.941 bits per heavy atom. The highest BCUT2D eigenvalue weighted by molar-refractivity contribution is 6.08. The predicted molar refractivity (Wildman–Crippen MR) is 133 cm³/mol. The monoisotopic (exact) mass is 459 g/mol. The van der Waals surface area contributed by atoms with E-state index in [1.165, 1.54) is 0 Å². The lowest BCUT2D eigenvalue weighted by molar-refractivity contribution is 0.102. The van der Waals surface area contributed by atoms with Crippen LogP contribution in [0.5, 0.6) is 11.5 Å². The summed E-state index contributed by atoms with van der Waals surface area (Å²) in [6.07, 6.45) is 0.819. The molecule has 34 heavy (non-hydrogen) atoms. The fourth-order valence-corrected chi connectivity index (χ4v) is 4.06. The van der Waals surface area contributed by atoms with Gasteiger partial charge in [0.15, 0.2) is 0 Å². The molecule has 7 nitrogen and oxygen atoms in total. The SMILES string of the molecule is COc1ccc(CN2CCCN(c3ccc(OC)cc3NC(=O)c3cccc(C)c3)C2=O)cc1. The lowest BCUT2D eigenvalue weighted by atomic mass is 10.1. The van der Waals surface area contributed by atoms with Gasteiger partial charge in [-0.1, -0.05) is 29.8 Å². The van der Waals surface area contributed by atoms with E-state index >= 15 is 0 Å². The molecule has 3 aromatic rings. The molecular formula is C27H29N3O4. The van der Waals surface area contributed by atoms with Gasteiger partial charge in [0.1, 0.15) is 11.5 Å². The van der Waals surface area contributed by atoms with Crippen LogP contribution in [0.3, 0.4) is 0 Å². The third kappa shape index (κ3) is 5.14. The standard InChI is InChI=1S/C27H29N3O4/c1-19-6-4-7-21(16-19)26(31)28-24-17-23(34-3)12-13-25(24)30-15-5-14-29(27(30)32)18-20-8-10-22(33-2)11-9-20/h4,6-13,16-17H,5,14-15,18H2,1-3H3,(H,28,31). The minimum absolute atomic E-state index is 0.0988. The number of nitrogens with zero attached hydrogens (tertiary/aromatic N) is 2. The molecule has 0 bridgehead atoms. The average molecular weight is 460 g/mol. The number of carbonyl (C=O) groups excluding carboxylic acids is 2. The maximum Gasteiger partial charge on any atom is 0.324 e. The van der Waals surface area contributed by atoms with Crippen LogP contribution in [0.15, 0.2) is 66.7 Å². The van der Waals surface area contributed by atoms with Crippen molar-refractivity contribution in [3.05, 3.63) is 83.4 Å². The van der Waals surface area contributed by atoms with Crippen LogP contribution >= 0.6 is 0 Å². The lowest BCUT2D eigenvalue weighted by Crippen LogP contribution is -2.49. The average Bonchev–Trinajstić information content (AvgIpc) is 2.86. The molecule has 0 saturated carbocycles. The fraction of sp³-hybridized carbons (Fsp3) is 0.259. The van der Waals surface area contributed by atoms with Crippen LogP contribution in [0.4, 0.5) is 16.2 Å². The second-order valence-corrected chi connectivity index (χ2v) is 8.26. The van der Waals surface area contributed by atoms with E-state index in [2.05, 4.69) is 5.32 Å². The molecule has 0 atom stereocenters. The van der Waals surface area contributed by atoms with Gasteiger partial charge in [-0.3, -0.25) is 9.69 Å². The van der Waals surface area contributed by atoms with Crippen molar-refractivity contribution in [2.24, 2.45) is 0 Å². The molecule has 1 N–H and O–H groups in total. The molecule has 3 amide bonds. The molecule has 1 saturated heterocycles. The molecular weight excluding hydrogens is 430 g/mol. The number of ether oxygens (including phenoxy) is 2. The van der Waals surface area contributed by atoms with E-state index in [0.717, 1.165) is 23.3 Å². The van der Waals surface area contributed by atoms with Crippen LogP contribution < -0.4 is 19.7 Å². The summed E-state index contributed by atoms with van der Waals surface area (Å²) in [5, 5.41) is 2.98.